The van der Waals surface area contributed by atoms with Gasteiger partial charge in [-0.3, -0.25) is 4.79 Å². The third kappa shape index (κ3) is 4.30. The zero-order chi connectivity index (χ0) is 16.1. The first kappa shape index (κ1) is 16.0. The molecule has 112 valence electrons. The number of carboxylic acids is 1. The summed E-state index contributed by atoms with van der Waals surface area (Å²) < 4.78 is 0.829. The molecule has 5 heteroatoms. The van der Waals surface area contributed by atoms with Crippen LogP contribution in [0.15, 0.2) is 58.7 Å². The molecule has 4 nitrogen and oxygen atoms in total. The Hall–Kier alpha value is -2.40. The van der Waals surface area contributed by atoms with Crippen molar-refractivity contribution in [2.45, 2.75) is 6.92 Å². The Bertz CT molecular complexity index is 736. The van der Waals surface area contributed by atoms with Gasteiger partial charge in [0.2, 0.25) is 0 Å². The highest BCUT2D eigenvalue weighted by molar-refractivity contribution is 9.10. The summed E-state index contributed by atoms with van der Waals surface area (Å²) in [6.45, 7) is 1.91. The van der Waals surface area contributed by atoms with Gasteiger partial charge in [-0.05, 0) is 42.8 Å². The maximum Gasteiger partial charge on any atom is 0.352 e. The first-order valence-electron chi connectivity index (χ1n) is 6.54. The van der Waals surface area contributed by atoms with E-state index in [2.05, 4.69) is 21.2 Å². The minimum Gasteiger partial charge on any atom is -0.477 e. The van der Waals surface area contributed by atoms with Gasteiger partial charge in [0, 0.05) is 10.0 Å². The molecule has 2 N–H and O–H groups in total. The van der Waals surface area contributed by atoms with Crippen LogP contribution in [0, 0.1) is 6.92 Å². The first-order chi connectivity index (χ1) is 10.5. The number of benzene rings is 2. The lowest BCUT2D eigenvalue weighted by molar-refractivity contribution is -0.132. The van der Waals surface area contributed by atoms with Crippen molar-refractivity contribution in [3.63, 3.8) is 0 Å². The molecule has 2 aromatic rings. The molecule has 0 saturated heterocycles. The van der Waals surface area contributed by atoms with Crippen LogP contribution in [0.4, 0.5) is 0 Å². The zero-order valence-corrected chi connectivity index (χ0v) is 13.4. The van der Waals surface area contributed by atoms with Gasteiger partial charge >= 0.3 is 5.97 Å². The van der Waals surface area contributed by atoms with Gasteiger partial charge in [0.25, 0.3) is 5.91 Å². The van der Waals surface area contributed by atoms with E-state index in [4.69, 9.17) is 0 Å². The second-order valence-corrected chi connectivity index (χ2v) is 5.65. The number of aliphatic carboxylic acids is 1. The SMILES string of the molecule is Cc1ccc(C(=O)NC(=Cc2cccc(Br)c2)C(=O)O)cc1. The number of aryl methyl sites for hydroxylation is 1. The number of hydrogen-bond donors (Lipinski definition) is 2. The van der Waals surface area contributed by atoms with Crippen LogP contribution in [0.3, 0.4) is 0 Å². The summed E-state index contributed by atoms with van der Waals surface area (Å²) in [7, 11) is 0. The molecule has 22 heavy (non-hydrogen) atoms. The van der Waals surface area contributed by atoms with Gasteiger partial charge in [0.15, 0.2) is 0 Å². The van der Waals surface area contributed by atoms with E-state index in [1.165, 1.54) is 6.08 Å². The van der Waals surface area contributed by atoms with Crippen LogP contribution in [-0.4, -0.2) is 17.0 Å². The summed E-state index contributed by atoms with van der Waals surface area (Å²) >= 11 is 3.32. The Labute approximate surface area is 136 Å². The van der Waals surface area contributed by atoms with Gasteiger partial charge < -0.3 is 10.4 Å². The van der Waals surface area contributed by atoms with Gasteiger partial charge in [-0.1, -0.05) is 45.8 Å². The highest BCUT2D eigenvalue weighted by Crippen LogP contribution is 2.14. The minimum absolute atomic E-state index is 0.177. The number of hydrogen-bond acceptors (Lipinski definition) is 2. The number of carboxylic acid groups (broad SMARTS) is 1. The second-order valence-electron chi connectivity index (χ2n) is 4.74. The average Bonchev–Trinajstić information content (AvgIpc) is 2.47. The Morgan fingerprint density at radius 2 is 1.82 bits per heavy atom. The van der Waals surface area contributed by atoms with E-state index in [-0.39, 0.29) is 5.70 Å². The highest BCUT2D eigenvalue weighted by atomic mass is 79.9. The molecule has 0 bridgehead atoms. The van der Waals surface area contributed by atoms with E-state index in [1.807, 2.05) is 13.0 Å². The molecular weight excluding hydrogens is 346 g/mol. The zero-order valence-electron chi connectivity index (χ0n) is 11.8. The molecule has 0 heterocycles. The maximum absolute atomic E-state index is 12.1. The third-order valence-electron chi connectivity index (χ3n) is 2.95. The lowest BCUT2D eigenvalue weighted by atomic mass is 10.1. The number of amides is 1. The van der Waals surface area contributed by atoms with Gasteiger partial charge in [-0.15, -0.1) is 0 Å². The molecule has 0 saturated carbocycles. The Balaban J connectivity index is 2.24. The third-order valence-corrected chi connectivity index (χ3v) is 3.45. The monoisotopic (exact) mass is 359 g/mol. The van der Waals surface area contributed by atoms with Crippen molar-refractivity contribution < 1.29 is 14.7 Å². The fourth-order valence-electron chi connectivity index (χ4n) is 1.81. The molecule has 0 spiro atoms. The summed E-state index contributed by atoms with van der Waals surface area (Å²) in [5.41, 5.74) is 1.94. The van der Waals surface area contributed by atoms with E-state index < -0.39 is 11.9 Å². The van der Waals surface area contributed by atoms with Crippen LogP contribution < -0.4 is 5.32 Å². The van der Waals surface area contributed by atoms with E-state index in [9.17, 15) is 14.7 Å². The van der Waals surface area contributed by atoms with Crippen LogP contribution in [0.1, 0.15) is 21.5 Å². The van der Waals surface area contributed by atoms with Crippen LogP contribution in [0.25, 0.3) is 6.08 Å². The lowest BCUT2D eigenvalue weighted by Crippen LogP contribution is -2.27. The number of nitrogens with one attached hydrogen (secondary N) is 1. The molecule has 2 aromatic carbocycles. The molecule has 0 aliphatic heterocycles. The van der Waals surface area contributed by atoms with Crippen molar-refractivity contribution >= 4 is 33.9 Å². The summed E-state index contributed by atoms with van der Waals surface area (Å²) in [5.74, 6) is -1.65. The first-order valence-corrected chi connectivity index (χ1v) is 7.33. The highest BCUT2D eigenvalue weighted by Gasteiger charge is 2.13. The number of carbonyl (C=O) groups is 2. The fraction of sp³-hybridized carbons (Fsp3) is 0.0588. The Kier molecular flexibility index (Phi) is 5.12. The van der Waals surface area contributed by atoms with Crippen LogP contribution in [0.5, 0.6) is 0 Å². The van der Waals surface area contributed by atoms with E-state index in [1.54, 1.807) is 42.5 Å². The Morgan fingerprint density at radius 1 is 1.14 bits per heavy atom. The Morgan fingerprint density at radius 3 is 2.41 bits per heavy atom. The van der Waals surface area contributed by atoms with Crippen LogP contribution in [-0.2, 0) is 4.79 Å². The van der Waals surface area contributed by atoms with Crippen molar-refractivity contribution in [2.75, 3.05) is 0 Å². The predicted molar refractivity (Wildman–Crippen MR) is 88.4 cm³/mol. The van der Waals surface area contributed by atoms with Crippen LogP contribution in [0.2, 0.25) is 0 Å². The van der Waals surface area contributed by atoms with Crippen molar-refractivity contribution in [1.82, 2.24) is 5.32 Å². The normalized spacial score (nSPS) is 11.1. The summed E-state index contributed by atoms with van der Waals surface area (Å²) in [5, 5.41) is 11.7. The molecule has 1 amide bonds. The van der Waals surface area contributed by atoms with Crippen molar-refractivity contribution in [3.05, 3.63) is 75.4 Å². The van der Waals surface area contributed by atoms with E-state index in [0.29, 0.717) is 11.1 Å². The predicted octanol–water partition coefficient (Wildman–Crippen LogP) is 3.61. The molecule has 0 fully saturated rings. The largest absolute Gasteiger partial charge is 0.477 e. The minimum atomic E-state index is -1.19. The average molecular weight is 360 g/mol. The fourth-order valence-corrected chi connectivity index (χ4v) is 2.23. The number of rotatable bonds is 4. The summed E-state index contributed by atoms with van der Waals surface area (Å²) in [6, 6.07) is 14.1. The quantitative estimate of drug-likeness (QED) is 0.819. The smallest absolute Gasteiger partial charge is 0.352 e. The maximum atomic E-state index is 12.1. The molecule has 0 unspecified atom stereocenters. The van der Waals surface area contributed by atoms with Gasteiger partial charge in [-0.2, -0.15) is 0 Å². The molecule has 0 radical (unpaired) electrons. The molecular formula is C17H14BrNO3. The van der Waals surface area contributed by atoms with Gasteiger partial charge in [0.05, 0.1) is 0 Å². The molecule has 2 rings (SSSR count). The topological polar surface area (TPSA) is 66.4 Å². The molecule has 0 aliphatic carbocycles. The van der Waals surface area contributed by atoms with E-state index >= 15 is 0 Å². The standard InChI is InChI=1S/C17H14BrNO3/c1-11-5-7-13(8-6-11)16(20)19-15(17(21)22)10-12-3-2-4-14(18)9-12/h2-10H,1H3,(H,19,20)(H,21,22). The van der Waals surface area contributed by atoms with Gasteiger partial charge in [-0.25, -0.2) is 4.79 Å². The van der Waals surface area contributed by atoms with Crippen LogP contribution >= 0.6 is 15.9 Å². The second kappa shape index (κ2) is 7.04. The number of halogens is 1. The van der Waals surface area contributed by atoms with E-state index in [0.717, 1.165) is 10.0 Å². The molecule has 0 aromatic heterocycles. The van der Waals surface area contributed by atoms with Crippen molar-refractivity contribution in [1.29, 1.82) is 0 Å². The summed E-state index contributed by atoms with van der Waals surface area (Å²) in [4.78, 5) is 23.4. The van der Waals surface area contributed by atoms with Crippen molar-refractivity contribution in [3.8, 4) is 0 Å². The van der Waals surface area contributed by atoms with Gasteiger partial charge in [0.1, 0.15) is 5.70 Å². The molecule has 0 aliphatic rings. The van der Waals surface area contributed by atoms with Crippen molar-refractivity contribution in [2.24, 2.45) is 0 Å². The molecule has 0 atom stereocenters. The summed E-state index contributed by atoms with van der Waals surface area (Å²) in [6.07, 6.45) is 1.42. The lowest BCUT2D eigenvalue weighted by Gasteiger charge is -2.07. The number of carbonyl (C=O) groups excluding carboxylic acids is 1.